The van der Waals surface area contributed by atoms with Crippen molar-refractivity contribution >= 4 is 13.3 Å². The van der Waals surface area contributed by atoms with Gasteiger partial charge < -0.3 is 9.47 Å². The van der Waals surface area contributed by atoms with Crippen molar-refractivity contribution in [3.05, 3.63) is 29.8 Å². The van der Waals surface area contributed by atoms with E-state index in [-0.39, 0.29) is 6.29 Å². The molecule has 0 aromatic heterocycles. The molecule has 0 atom stereocenters. The Morgan fingerprint density at radius 3 is 2.25 bits per heavy atom. The van der Waals surface area contributed by atoms with Crippen LogP contribution in [0.25, 0.3) is 0 Å². The Balaban J connectivity index is 2.17. The molecule has 1 aliphatic rings. The van der Waals surface area contributed by atoms with E-state index in [0.717, 1.165) is 11.0 Å². The molecule has 0 aliphatic carbocycles. The predicted octanol–water partition coefficient (Wildman–Crippen LogP) is 0.526. The van der Waals surface area contributed by atoms with Gasteiger partial charge in [-0.05, 0) is 0 Å². The second kappa shape index (κ2) is 3.29. The van der Waals surface area contributed by atoms with Gasteiger partial charge in [-0.3, -0.25) is 0 Å². The van der Waals surface area contributed by atoms with E-state index in [0.29, 0.717) is 13.2 Å². The third-order valence-electron chi connectivity index (χ3n) is 1.83. The Hall–Kier alpha value is -0.795. The minimum absolute atomic E-state index is 0.189. The second-order valence-corrected chi connectivity index (χ2v) is 2.74. The van der Waals surface area contributed by atoms with Crippen molar-refractivity contribution < 1.29 is 9.47 Å². The molecule has 0 amide bonds. The Kier molecular flexibility index (Phi) is 2.15. The molecule has 0 saturated carbocycles. The normalized spacial score (nSPS) is 18.3. The lowest BCUT2D eigenvalue weighted by Crippen LogP contribution is -2.04. The highest BCUT2D eigenvalue weighted by molar-refractivity contribution is 6.32. The van der Waals surface area contributed by atoms with Crippen LogP contribution >= 0.6 is 0 Å². The van der Waals surface area contributed by atoms with Crippen LogP contribution in [0.4, 0.5) is 0 Å². The zero-order chi connectivity index (χ0) is 8.39. The van der Waals surface area contributed by atoms with E-state index in [1.165, 1.54) is 0 Å². The van der Waals surface area contributed by atoms with Crippen molar-refractivity contribution in [2.24, 2.45) is 0 Å². The van der Waals surface area contributed by atoms with Crippen LogP contribution in [0.5, 0.6) is 0 Å². The lowest BCUT2D eigenvalue weighted by molar-refractivity contribution is -0.0440. The largest absolute Gasteiger partial charge is 0.346 e. The molecule has 1 fully saturated rings. The van der Waals surface area contributed by atoms with Gasteiger partial charge in [0.15, 0.2) is 6.29 Å². The Morgan fingerprint density at radius 2 is 1.67 bits per heavy atom. The molecule has 1 aromatic carbocycles. The summed E-state index contributed by atoms with van der Waals surface area (Å²) in [6.45, 7) is 1.35. The van der Waals surface area contributed by atoms with Crippen LogP contribution in [0.1, 0.15) is 11.9 Å². The van der Waals surface area contributed by atoms with Crippen LogP contribution < -0.4 is 5.46 Å². The first-order chi connectivity index (χ1) is 5.86. The van der Waals surface area contributed by atoms with Crippen molar-refractivity contribution in [1.29, 1.82) is 0 Å². The van der Waals surface area contributed by atoms with Crippen LogP contribution in [0.2, 0.25) is 0 Å². The first kappa shape index (κ1) is 7.83. The fourth-order valence-corrected chi connectivity index (χ4v) is 1.20. The van der Waals surface area contributed by atoms with Gasteiger partial charge >= 0.3 is 0 Å². The molecule has 1 saturated heterocycles. The Labute approximate surface area is 72.9 Å². The summed E-state index contributed by atoms with van der Waals surface area (Å²) in [6, 6.07) is 7.54. The van der Waals surface area contributed by atoms with E-state index < -0.39 is 0 Å². The van der Waals surface area contributed by atoms with Gasteiger partial charge in [0.2, 0.25) is 0 Å². The number of hydrogen-bond acceptors (Lipinski definition) is 2. The number of ether oxygens (including phenoxy) is 2. The van der Waals surface area contributed by atoms with E-state index in [4.69, 9.17) is 17.3 Å². The molecule has 0 N–H and O–H groups in total. The fraction of sp³-hybridized carbons (Fsp3) is 0.333. The van der Waals surface area contributed by atoms with Gasteiger partial charge in [-0.1, -0.05) is 29.7 Å². The van der Waals surface area contributed by atoms with Gasteiger partial charge in [0.1, 0.15) is 7.85 Å². The molecule has 2 radical (unpaired) electrons. The molecule has 12 heavy (non-hydrogen) atoms. The summed E-state index contributed by atoms with van der Waals surface area (Å²) in [5.41, 5.74) is 1.79. The quantitative estimate of drug-likeness (QED) is 0.557. The standard InChI is InChI=1S/C9H9BO2/c10-8-3-1-7(2-4-8)9-11-5-6-12-9/h1-4,9H,5-6H2. The molecule has 1 aliphatic heterocycles. The van der Waals surface area contributed by atoms with Crippen LogP contribution in [0, 0.1) is 0 Å². The Morgan fingerprint density at radius 1 is 1.08 bits per heavy atom. The summed E-state index contributed by atoms with van der Waals surface area (Å²) in [7, 11) is 5.54. The van der Waals surface area contributed by atoms with Gasteiger partial charge in [0, 0.05) is 5.56 Å². The summed E-state index contributed by atoms with van der Waals surface area (Å²) >= 11 is 0. The lowest BCUT2D eigenvalue weighted by atomic mass is 9.95. The molecule has 3 heteroatoms. The zero-order valence-corrected chi connectivity index (χ0v) is 6.69. The average Bonchev–Trinajstić information content (AvgIpc) is 2.58. The van der Waals surface area contributed by atoms with E-state index in [9.17, 15) is 0 Å². The molecule has 0 spiro atoms. The first-order valence-electron chi connectivity index (χ1n) is 3.95. The average molecular weight is 160 g/mol. The molecule has 2 rings (SSSR count). The summed E-state index contributed by atoms with van der Waals surface area (Å²) in [5.74, 6) is 0. The van der Waals surface area contributed by atoms with Crippen molar-refractivity contribution in [2.75, 3.05) is 13.2 Å². The van der Waals surface area contributed by atoms with Crippen LogP contribution in [0.15, 0.2) is 24.3 Å². The molecular formula is C9H9BO2. The van der Waals surface area contributed by atoms with Gasteiger partial charge in [0.25, 0.3) is 0 Å². The van der Waals surface area contributed by atoms with E-state index in [1.807, 2.05) is 24.3 Å². The maximum Gasteiger partial charge on any atom is 0.184 e. The summed E-state index contributed by atoms with van der Waals surface area (Å²) in [4.78, 5) is 0. The minimum Gasteiger partial charge on any atom is -0.346 e. The third-order valence-corrected chi connectivity index (χ3v) is 1.83. The van der Waals surface area contributed by atoms with E-state index in [2.05, 4.69) is 0 Å². The molecule has 60 valence electrons. The molecule has 0 bridgehead atoms. The van der Waals surface area contributed by atoms with Gasteiger partial charge in [0.05, 0.1) is 13.2 Å². The topological polar surface area (TPSA) is 18.5 Å². The molecular weight excluding hydrogens is 151 g/mol. The monoisotopic (exact) mass is 160 g/mol. The highest BCUT2D eigenvalue weighted by Gasteiger charge is 2.17. The number of benzene rings is 1. The highest BCUT2D eigenvalue weighted by atomic mass is 16.7. The predicted molar refractivity (Wildman–Crippen MR) is 46.5 cm³/mol. The third kappa shape index (κ3) is 1.52. The second-order valence-electron chi connectivity index (χ2n) is 2.74. The van der Waals surface area contributed by atoms with Crippen molar-refractivity contribution in [2.45, 2.75) is 6.29 Å². The lowest BCUT2D eigenvalue weighted by Gasteiger charge is -2.08. The summed E-state index contributed by atoms with van der Waals surface area (Å²) in [5, 5.41) is 0. The van der Waals surface area contributed by atoms with Gasteiger partial charge in [-0.15, -0.1) is 0 Å². The van der Waals surface area contributed by atoms with Crippen LogP contribution in [-0.2, 0) is 9.47 Å². The van der Waals surface area contributed by atoms with Gasteiger partial charge in [-0.2, -0.15) is 0 Å². The SMILES string of the molecule is [B]c1ccc(C2OCCO2)cc1. The molecule has 2 nitrogen and oxygen atoms in total. The summed E-state index contributed by atoms with van der Waals surface area (Å²) < 4.78 is 10.6. The van der Waals surface area contributed by atoms with E-state index >= 15 is 0 Å². The maximum absolute atomic E-state index is 5.54. The van der Waals surface area contributed by atoms with Crippen molar-refractivity contribution in [3.63, 3.8) is 0 Å². The highest BCUT2D eigenvalue weighted by Crippen LogP contribution is 2.21. The van der Waals surface area contributed by atoms with Gasteiger partial charge in [-0.25, -0.2) is 0 Å². The Bertz CT molecular complexity index is 252. The van der Waals surface area contributed by atoms with Crippen LogP contribution in [-0.4, -0.2) is 21.1 Å². The molecule has 1 heterocycles. The number of rotatable bonds is 1. The smallest absolute Gasteiger partial charge is 0.184 e. The molecule has 1 aromatic rings. The molecule has 0 unspecified atom stereocenters. The van der Waals surface area contributed by atoms with Crippen molar-refractivity contribution in [1.82, 2.24) is 0 Å². The van der Waals surface area contributed by atoms with Crippen molar-refractivity contribution in [3.8, 4) is 0 Å². The van der Waals surface area contributed by atoms with Crippen LogP contribution in [0.3, 0.4) is 0 Å². The number of hydrogen-bond donors (Lipinski definition) is 0. The zero-order valence-electron chi connectivity index (χ0n) is 6.69. The first-order valence-corrected chi connectivity index (χ1v) is 3.95. The summed E-state index contributed by atoms with van der Waals surface area (Å²) in [6.07, 6.45) is -0.189. The van der Waals surface area contributed by atoms with E-state index in [1.54, 1.807) is 0 Å². The minimum atomic E-state index is -0.189. The maximum atomic E-state index is 5.54. The fourth-order valence-electron chi connectivity index (χ4n) is 1.20.